The van der Waals surface area contributed by atoms with E-state index < -0.39 is 0 Å². The number of para-hydroxylation sites is 1. The van der Waals surface area contributed by atoms with Crippen LogP contribution >= 0.6 is 23.1 Å². The van der Waals surface area contributed by atoms with E-state index in [1.54, 1.807) is 35.5 Å². The van der Waals surface area contributed by atoms with E-state index >= 15 is 0 Å². The molecule has 0 aliphatic carbocycles. The van der Waals surface area contributed by atoms with Crippen LogP contribution in [-0.4, -0.2) is 24.7 Å². The SMILES string of the molecule is CCCn1c(Sc2nc3ccccc3s2)nnc1-c1ccncc1. The summed E-state index contributed by atoms with van der Waals surface area (Å²) in [5.74, 6) is 0.878. The second-order valence-corrected chi connectivity index (χ2v) is 7.49. The van der Waals surface area contributed by atoms with E-state index in [0.29, 0.717) is 0 Å². The first kappa shape index (κ1) is 15.3. The fraction of sp³-hybridized carbons (Fsp3) is 0.176. The number of hydrogen-bond donors (Lipinski definition) is 0. The normalized spacial score (nSPS) is 11.2. The molecule has 7 heteroatoms. The molecule has 0 saturated carbocycles. The van der Waals surface area contributed by atoms with Gasteiger partial charge in [0, 0.05) is 24.5 Å². The maximum atomic E-state index is 4.68. The Bertz CT molecular complexity index is 928. The van der Waals surface area contributed by atoms with Crippen molar-refractivity contribution in [2.75, 3.05) is 0 Å². The molecule has 3 aromatic heterocycles. The quantitative estimate of drug-likeness (QED) is 0.528. The van der Waals surface area contributed by atoms with Crippen LogP contribution in [0.5, 0.6) is 0 Å². The van der Waals surface area contributed by atoms with Crippen LogP contribution in [-0.2, 0) is 6.54 Å². The number of pyridine rings is 1. The molecule has 0 aliphatic rings. The van der Waals surface area contributed by atoms with Crippen molar-refractivity contribution in [3.05, 3.63) is 48.8 Å². The second kappa shape index (κ2) is 6.70. The molecule has 0 saturated heterocycles. The van der Waals surface area contributed by atoms with Crippen LogP contribution < -0.4 is 0 Å². The van der Waals surface area contributed by atoms with Gasteiger partial charge in [-0.25, -0.2) is 4.98 Å². The molecule has 0 aliphatic heterocycles. The molecule has 120 valence electrons. The van der Waals surface area contributed by atoms with Crippen LogP contribution in [0.2, 0.25) is 0 Å². The highest BCUT2D eigenvalue weighted by atomic mass is 32.2. The van der Waals surface area contributed by atoms with Gasteiger partial charge in [0.2, 0.25) is 0 Å². The van der Waals surface area contributed by atoms with E-state index in [4.69, 9.17) is 0 Å². The third kappa shape index (κ3) is 2.92. The van der Waals surface area contributed by atoms with Crippen LogP contribution in [0, 0.1) is 0 Å². The smallest absolute Gasteiger partial charge is 0.198 e. The predicted molar refractivity (Wildman–Crippen MR) is 97.3 cm³/mol. The Morgan fingerprint density at radius 3 is 2.71 bits per heavy atom. The summed E-state index contributed by atoms with van der Waals surface area (Å²) in [6.07, 6.45) is 4.57. The lowest BCUT2D eigenvalue weighted by Gasteiger charge is -2.07. The first-order valence-corrected chi connectivity index (χ1v) is 9.35. The van der Waals surface area contributed by atoms with Crippen molar-refractivity contribution in [3.8, 4) is 11.4 Å². The Labute approximate surface area is 147 Å². The molecule has 24 heavy (non-hydrogen) atoms. The van der Waals surface area contributed by atoms with Gasteiger partial charge in [-0.15, -0.1) is 21.5 Å². The van der Waals surface area contributed by atoms with Crippen LogP contribution in [0.4, 0.5) is 0 Å². The minimum atomic E-state index is 0.873. The van der Waals surface area contributed by atoms with E-state index in [9.17, 15) is 0 Å². The van der Waals surface area contributed by atoms with Crippen molar-refractivity contribution in [2.24, 2.45) is 0 Å². The Hall–Kier alpha value is -2.25. The minimum absolute atomic E-state index is 0.873. The minimum Gasteiger partial charge on any atom is -0.302 e. The molecule has 3 heterocycles. The fourth-order valence-corrected chi connectivity index (χ4v) is 4.50. The van der Waals surface area contributed by atoms with Gasteiger partial charge in [-0.05, 0) is 42.4 Å². The summed E-state index contributed by atoms with van der Waals surface area (Å²) in [5, 5.41) is 9.67. The molecular formula is C17H15N5S2. The summed E-state index contributed by atoms with van der Waals surface area (Å²) in [4.78, 5) is 8.76. The molecule has 0 spiro atoms. The lowest BCUT2D eigenvalue weighted by atomic mass is 10.2. The van der Waals surface area contributed by atoms with Crippen molar-refractivity contribution < 1.29 is 0 Å². The van der Waals surface area contributed by atoms with Crippen LogP contribution in [0.1, 0.15) is 13.3 Å². The Kier molecular flexibility index (Phi) is 4.27. The van der Waals surface area contributed by atoms with E-state index in [1.807, 2.05) is 30.3 Å². The molecule has 0 N–H and O–H groups in total. The van der Waals surface area contributed by atoms with Gasteiger partial charge in [-0.1, -0.05) is 19.1 Å². The third-order valence-electron chi connectivity index (χ3n) is 3.56. The summed E-state index contributed by atoms with van der Waals surface area (Å²) < 4.78 is 4.34. The fourth-order valence-electron chi connectivity index (χ4n) is 2.48. The summed E-state index contributed by atoms with van der Waals surface area (Å²) in [7, 11) is 0. The van der Waals surface area contributed by atoms with Crippen molar-refractivity contribution in [1.82, 2.24) is 24.7 Å². The van der Waals surface area contributed by atoms with Gasteiger partial charge in [-0.2, -0.15) is 0 Å². The number of fused-ring (bicyclic) bond motifs is 1. The number of aromatic nitrogens is 5. The van der Waals surface area contributed by atoms with Crippen LogP contribution in [0.3, 0.4) is 0 Å². The van der Waals surface area contributed by atoms with E-state index in [0.717, 1.165) is 39.4 Å². The topological polar surface area (TPSA) is 56.5 Å². The third-order valence-corrected chi connectivity index (χ3v) is 5.64. The molecule has 0 bridgehead atoms. The van der Waals surface area contributed by atoms with Crippen molar-refractivity contribution >= 4 is 33.3 Å². The van der Waals surface area contributed by atoms with E-state index in [2.05, 4.69) is 37.7 Å². The number of hydrogen-bond acceptors (Lipinski definition) is 6. The Morgan fingerprint density at radius 1 is 1.08 bits per heavy atom. The molecule has 5 nitrogen and oxygen atoms in total. The van der Waals surface area contributed by atoms with E-state index in [1.165, 1.54) is 4.70 Å². The van der Waals surface area contributed by atoms with Crippen molar-refractivity contribution in [1.29, 1.82) is 0 Å². The van der Waals surface area contributed by atoms with Gasteiger partial charge < -0.3 is 4.57 Å². The molecule has 4 rings (SSSR count). The second-order valence-electron chi connectivity index (χ2n) is 5.24. The Morgan fingerprint density at radius 2 is 1.92 bits per heavy atom. The number of rotatable bonds is 5. The average Bonchev–Trinajstić information content (AvgIpc) is 3.20. The molecular weight excluding hydrogens is 338 g/mol. The lowest BCUT2D eigenvalue weighted by Crippen LogP contribution is -2.01. The molecule has 0 fully saturated rings. The van der Waals surface area contributed by atoms with Gasteiger partial charge in [0.1, 0.15) is 0 Å². The van der Waals surface area contributed by atoms with Crippen LogP contribution in [0.25, 0.3) is 21.6 Å². The van der Waals surface area contributed by atoms with Crippen molar-refractivity contribution in [3.63, 3.8) is 0 Å². The summed E-state index contributed by atoms with van der Waals surface area (Å²) in [6.45, 7) is 3.03. The maximum Gasteiger partial charge on any atom is 0.198 e. The summed E-state index contributed by atoms with van der Waals surface area (Å²) in [5.41, 5.74) is 2.06. The average molecular weight is 353 g/mol. The molecule has 0 amide bonds. The largest absolute Gasteiger partial charge is 0.302 e. The number of benzene rings is 1. The highest BCUT2D eigenvalue weighted by molar-refractivity contribution is 8.01. The van der Waals surface area contributed by atoms with Gasteiger partial charge in [0.15, 0.2) is 15.3 Å². The van der Waals surface area contributed by atoms with Gasteiger partial charge in [0.25, 0.3) is 0 Å². The molecule has 0 atom stereocenters. The zero-order chi connectivity index (χ0) is 16.4. The van der Waals surface area contributed by atoms with Gasteiger partial charge in [-0.3, -0.25) is 4.98 Å². The summed E-state index contributed by atoms with van der Waals surface area (Å²) in [6, 6.07) is 12.1. The zero-order valence-electron chi connectivity index (χ0n) is 13.1. The summed E-state index contributed by atoms with van der Waals surface area (Å²) >= 11 is 3.26. The van der Waals surface area contributed by atoms with Crippen LogP contribution in [0.15, 0.2) is 58.3 Å². The number of thiazole rings is 1. The lowest BCUT2D eigenvalue weighted by molar-refractivity contribution is 0.626. The maximum absolute atomic E-state index is 4.68. The Balaban J connectivity index is 1.71. The highest BCUT2D eigenvalue weighted by Crippen LogP contribution is 2.34. The first-order valence-electron chi connectivity index (χ1n) is 7.72. The molecule has 4 aromatic rings. The standard InChI is InChI=1S/C17H15N5S2/c1-2-11-22-15(12-7-9-18-10-8-12)20-21-16(22)24-17-19-13-5-3-4-6-14(13)23-17/h3-10H,2,11H2,1H3. The highest BCUT2D eigenvalue weighted by Gasteiger charge is 2.16. The monoisotopic (exact) mass is 353 g/mol. The zero-order valence-corrected chi connectivity index (χ0v) is 14.7. The number of nitrogens with zero attached hydrogens (tertiary/aromatic N) is 5. The predicted octanol–water partition coefficient (Wildman–Crippen LogP) is 4.51. The molecule has 0 unspecified atom stereocenters. The molecule has 0 radical (unpaired) electrons. The molecule has 1 aromatic carbocycles. The van der Waals surface area contributed by atoms with E-state index in [-0.39, 0.29) is 0 Å². The van der Waals surface area contributed by atoms with Gasteiger partial charge in [0.05, 0.1) is 10.2 Å². The first-order chi connectivity index (χ1) is 11.8. The van der Waals surface area contributed by atoms with Gasteiger partial charge >= 0.3 is 0 Å². The van der Waals surface area contributed by atoms with Crippen molar-refractivity contribution in [2.45, 2.75) is 29.4 Å².